The number of benzene rings is 1. The predicted octanol–water partition coefficient (Wildman–Crippen LogP) is 2.48. The Bertz CT molecular complexity index is 397. The van der Waals surface area contributed by atoms with Crippen molar-refractivity contribution in [3.63, 3.8) is 0 Å². The maximum Gasteiger partial charge on any atom is 0.126 e. The first-order valence-electron chi connectivity index (χ1n) is 6.24. The first-order chi connectivity index (χ1) is 8.01. The zero-order valence-electron chi connectivity index (χ0n) is 10.5. The standard InChI is InChI=1S/C14H20FNO/c1-10-6-7-11(9-12(10)15)14(2,17)13-5-3-4-8-16-13/h6-7,9,13,16-17H,3-5,8H2,1-2H3. The van der Waals surface area contributed by atoms with Crippen molar-refractivity contribution in [2.45, 2.75) is 44.8 Å². The van der Waals surface area contributed by atoms with Crippen molar-refractivity contribution in [2.75, 3.05) is 6.54 Å². The number of halogens is 1. The molecule has 94 valence electrons. The monoisotopic (exact) mass is 237 g/mol. The summed E-state index contributed by atoms with van der Waals surface area (Å²) in [5.41, 5.74) is 0.260. The fraction of sp³-hybridized carbons (Fsp3) is 0.571. The van der Waals surface area contributed by atoms with Crippen LogP contribution in [0.5, 0.6) is 0 Å². The molecule has 0 spiro atoms. The molecule has 2 unspecified atom stereocenters. The highest BCUT2D eigenvalue weighted by Gasteiger charge is 2.34. The number of hydrogen-bond acceptors (Lipinski definition) is 2. The van der Waals surface area contributed by atoms with Crippen molar-refractivity contribution in [1.29, 1.82) is 0 Å². The summed E-state index contributed by atoms with van der Waals surface area (Å²) in [6.07, 6.45) is 3.19. The van der Waals surface area contributed by atoms with E-state index in [1.807, 2.05) is 6.07 Å². The highest BCUT2D eigenvalue weighted by Crippen LogP contribution is 2.30. The second kappa shape index (κ2) is 4.75. The van der Waals surface area contributed by atoms with Crippen LogP contribution >= 0.6 is 0 Å². The topological polar surface area (TPSA) is 32.3 Å². The van der Waals surface area contributed by atoms with Gasteiger partial charge in [-0.3, -0.25) is 0 Å². The van der Waals surface area contributed by atoms with E-state index in [1.54, 1.807) is 19.9 Å². The molecule has 0 saturated carbocycles. The number of aliphatic hydroxyl groups is 1. The van der Waals surface area contributed by atoms with Crippen molar-refractivity contribution in [3.05, 3.63) is 35.1 Å². The van der Waals surface area contributed by atoms with Gasteiger partial charge in [-0.25, -0.2) is 4.39 Å². The van der Waals surface area contributed by atoms with E-state index < -0.39 is 5.60 Å². The summed E-state index contributed by atoms with van der Waals surface area (Å²) in [6, 6.07) is 5.00. The minimum atomic E-state index is -1.00. The lowest BCUT2D eigenvalue weighted by Gasteiger charge is -2.36. The molecule has 0 amide bonds. The Kier molecular flexibility index (Phi) is 3.50. The Morgan fingerprint density at radius 3 is 2.76 bits per heavy atom. The molecule has 0 aliphatic carbocycles. The molecule has 1 aliphatic heterocycles. The third-order valence-corrected chi connectivity index (χ3v) is 3.75. The van der Waals surface area contributed by atoms with E-state index >= 15 is 0 Å². The number of nitrogens with one attached hydrogen (secondary N) is 1. The molecule has 3 heteroatoms. The van der Waals surface area contributed by atoms with E-state index in [-0.39, 0.29) is 11.9 Å². The quantitative estimate of drug-likeness (QED) is 0.828. The molecule has 2 nitrogen and oxygen atoms in total. The number of rotatable bonds is 2. The van der Waals surface area contributed by atoms with Crippen LogP contribution in [0.25, 0.3) is 0 Å². The summed E-state index contributed by atoms with van der Waals surface area (Å²) < 4.78 is 13.5. The van der Waals surface area contributed by atoms with Crippen molar-refractivity contribution in [2.24, 2.45) is 0 Å². The molecule has 2 atom stereocenters. The fourth-order valence-corrected chi connectivity index (χ4v) is 2.44. The molecule has 0 radical (unpaired) electrons. The third kappa shape index (κ3) is 2.50. The number of piperidine rings is 1. The van der Waals surface area contributed by atoms with Gasteiger partial charge in [0.1, 0.15) is 11.4 Å². The largest absolute Gasteiger partial charge is 0.384 e. The van der Waals surface area contributed by atoms with Crippen molar-refractivity contribution in [1.82, 2.24) is 5.32 Å². The Balaban J connectivity index is 2.26. The third-order valence-electron chi connectivity index (χ3n) is 3.75. The van der Waals surface area contributed by atoms with Crippen molar-refractivity contribution < 1.29 is 9.50 Å². The van der Waals surface area contributed by atoms with Crippen LogP contribution in [0.2, 0.25) is 0 Å². The molecule has 0 aromatic heterocycles. The van der Waals surface area contributed by atoms with Gasteiger partial charge in [-0.1, -0.05) is 18.6 Å². The van der Waals surface area contributed by atoms with Gasteiger partial charge < -0.3 is 10.4 Å². The second-order valence-corrected chi connectivity index (χ2v) is 5.11. The SMILES string of the molecule is Cc1ccc(C(C)(O)C2CCCCN2)cc1F. The highest BCUT2D eigenvalue weighted by atomic mass is 19.1. The van der Waals surface area contributed by atoms with Crippen LogP contribution in [0.4, 0.5) is 4.39 Å². The van der Waals surface area contributed by atoms with Crippen LogP contribution in [0, 0.1) is 12.7 Å². The molecule has 1 fully saturated rings. The molecular weight excluding hydrogens is 217 g/mol. The van der Waals surface area contributed by atoms with E-state index in [4.69, 9.17) is 0 Å². The van der Waals surface area contributed by atoms with Crippen LogP contribution < -0.4 is 5.32 Å². The van der Waals surface area contributed by atoms with Gasteiger partial charge in [0.05, 0.1) is 0 Å². The molecule has 1 aromatic carbocycles. The van der Waals surface area contributed by atoms with Gasteiger partial charge in [0.25, 0.3) is 0 Å². The van der Waals surface area contributed by atoms with Crippen molar-refractivity contribution >= 4 is 0 Å². The summed E-state index contributed by atoms with van der Waals surface area (Å²) in [7, 11) is 0. The summed E-state index contributed by atoms with van der Waals surface area (Å²) in [6.45, 7) is 4.42. The molecule has 1 saturated heterocycles. The van der Waals surface area contributed by atoms with Gasteiger partial charge in [0.2, 0.25) is 0 Å². The first kappa shape index (κ1) is 12.5. The van der Waals surface area contributed by atoms with Gasteiger partial charge in [-0.05, 0) is 50.4 Å². The molecule has 1 aliphatic rings. The molecule has 2 N–H and O–H groups in total. The van der Waals surface area contributed by atoms with Crippen LogP contribution in [-0.4, -0.2) is 17.7 Å². The summed E-state index contributed by atoms with van der Waals surface area (Å²) >= 11 is 0. The zero-order chi connectivity index (χ0) is 12.5. The summed E-state index contributed by atoms with van der Waals surface area (Å²) in [5, 5.41) is 13.9. The average molecular weight is 237 g/mol. The van der Waals surface area contributed by atoms with E-state index in [0.717, 1.165) is 25.8 Å². The first-order valence-corrected chi connectivity index (χ1v) is 6.24. The molecule has 1 heterocycles. The molecule has 0 bridgehead atoms. The normalized spacial score (nSPS) is 24.4. The predicted molar refractivity (Wildman–Crippen MR) is 66.3 cm³/mol. The molecular formula is C14H20FNO. The minimum Gasteiger partial charge on any atom is -0.384 e. The van der Waals surface area contributed by atoms with E-state index in [1.165, 1.54) is 6.07 Å². The average Bonchev–Trinajstić information content (AvgIpc) is 2.33. The van der Waals surface area contributed by atoms with E-state index in [2.05, 4.69) is 5.32 Å². The van der Waals surface area contributed by atoms with E-state index in [0.29, 0.717) is 11.1 Å². The van der Waals surface area contributed by atoms with Crippen molar-refractivity contribution in [3.8, 4) is 0 Å². The van der Waals surface area contributed by atoms with Crippen LogP contribution in [0.1, 0.15) is 37.3 Å². The highest BCUT2D eigenvalue weighted by molar-refractivity contribution is 5.29. The number of aryl methyl sites for hydroxylation is 1. The van der Waals surface area contributed by atoms with E-state index in [9.17, 15) is 9.50 Å². The fourth-order valence-electron chi connectivity index (χ4n) is 2.44. The molecule has 17 heavy (non-hydrogen) atoms. The molecule has 2 rings (SSSR count). The smallest absolute Gasteiger partial charge is 0.126 e. The summed E-state index contributed by atoms with van der Waals surface area (Å²) in [5.74, 6) is -0.251. The Morgan fingerprint density at radius 2 is 2.18 bits per heavy atom. The summed E-state index contributed by atoms with van der Waals surface area (Å²) in [4.78, 5) is 0. The lowest BCUT2D eigenvalue weighted by Crippen LogP contribution is -2.49. The lowest BCUT2D eigenvalue weighted by atomic mass is 9.83. The van der Waals surface area contributed by atoms with Crippen LogP contribution in [0.15, 0.2) is 18.2 Å². The lowest BCUT2D eigenvalue weighted by molar-refractivity contribution is 0.00541. The van der Waals surface area contributed by atoms with Crippen LogP contribution in [0.3, 0.4) is 0 Å². The Labute approximate surface area is 102 Å². The minimum absolute atomic E-state index is 0.0124. The zero-order valence-corrected chi connectivity index (χ0v) is 10.5. The van der Waals surface area contributed by atoms with Gasteiger partial charge in [-0.2, -0.15) is 0 Å². The maximum atomic E-state index is 13.5. The number of hydrogen-bond donors (Lipinski definition) is 2. The van der Waals surface area contributed by atoms with Gasteiger partial charge >= 0.3 is 0 Å². The second-order valence-electron chi connectivity index (χ2n) is 5.11. The van der Waals surface area contributed by atoms with Gasteiger partial charge in [-0.15, -0.1) is 0 Å². The molecule has 1 aromatic rings. The van der Waals surface area contributed by atoms with Gasteiger partial charge in [0, 0.05) is 6.04 Å². The van der Waals surface area contributed by atoms with Gasteiger partial charge in [0.15, 0.2) is 0 Å². The Hall–Kier alpha value is -0.930. The maximum absolute atomic E-state index is 13.5. The Morgan fingerprint density at radius 1 is 1.41 bits per heavy atom. The van der Waals surface area contributed by atoms with Crippen LogP contribution in [-0.2, 0) is 5.60 Å².